The fourth-order valence-electron chi connectivity index (χ4n) is 3.89. The number of aryl methyl sites for hydroxylation is 1. The van der Waals surface area contributed by atoms with E-state index in [2.05, 4.69) is 17.4 Å². The number of fused-ring (bicyclic) bond motifs is 1. The minimum Gasteiger partial charge on any atom is -0.312 e. The van der Waals surface area contributed by atoms with Crippen molar-refractivity contribution in [3.05, 3.63) is 35.4 Å². The molecule has 1 N–H and O–H groups in total. The van der Waals surface area contributed by atoms with Crippen LogP contribution in [0.15, 0.2) is 24.3 Å². The highest BCUT2D eigenvalue weighted by molar-refractivity contribution is 7.92. The highest BCUT2D eigenvalue weighted by Gasteiger charge is 2.42. The summed E-state index contributed by atoms with van der Waals surface area (Å²) in [5, 5.41) is 2.90. The van der Waals surface area contributed by atoms with Gasteiger partial charge in [0, 0.05) is 6.04 Å². The van der Waals surface area contributed by atoms with Gasteiger partial charge in [0.2, 0.25) is 0 Å². The number of rotatable bonds is 3. The van der Waals surface area contributed by atoms with Crippen LogP contribution in [-0.2, 0) is 16.3 Å². The minimum absolute atomic E-state index is 0.0504. The van der Waals surface area contributed by atoms with E-state index in [0.717, 1.165) is 38.5 Å². The molecule has 20 heavy (non-hydrogen) atoms. The third-order valence-electron chi connectivity index (χ3n) is 4.96. The Morgan fingerprint density at radius 2 is 1.80 bits per heavy atom. The molecule has 2 aliphatic carbocycles. The van der Waals surface area contributed by atoms with Crippen molar-refractivity contribution in [3.8, 4) is 0 Å². The summed E-state index contributed by atoms with van der Waals surface area (Å²) in [5.41, 5.74) is 2.47. The SMILES string of the molecule is CNC1c2ccccc2CCC1S(=O)(=O)C1CCCC1. The summed E-state index contributed by atoms with van der Waals surface area (Å²) >= 11 is 0. The summed E-state index contributed by atoms with van der Waals surface area (Å²) in [6.07, 6.45) is 5.48. The standard InChI is InChI=1S/C16H23NO2S/c1-17-16-14-9-5-2-6-12(14)10-11-15(16)20(18,19)13-7-3-4-8-13/h2,5-6,9,13,15-17H,3-4,7-8,10-11H2,1H3. The molecule has 1 aromatic rings. The average Bonchev–Trinajstić information content (AvgIpc) is 3.00. The molecule has 3 rings (SSSR count). The zero-order valence-electron chi connectivity index (χ0n) is 12.0. The second-order valence-electron chi connectivity index (χ2n) is 6.04. The fraction of sp³-hybridized carbons (Fsp3) is 0.625. The van der Waals surface area contributed by atoms with Gasteiger partial charge in [-0.1, -0.05) is 37.1 Å². The van der Waals surface area contributed by atoms with Gasteiger partial charge in [0.05, 0.1) is 10.5 Å². The summed E-state index contributed by atoms with van der Waals surface area (Å²) in [6.45, 7) is 0. The van der Waals surface area contributed by atoms with E-state index in [0.29, 0.717) is 0 Å². The van der Waals surface area contributed by atoms with Crippen LogP contribution in [0.4, 0.5) is 0 Å². The van der Waals surface area contributed by atoms with Crippen LogP contribution in [0.25, 0.3) is 0 Å². The lowest BCUT2D eigenvalue weighted by Gasteiger charge is -2.34. The zero-order chi connectivity index (χ0) is 14.2. The molecule has 1 aromatic carbocycles. The average molecular weight is 293 g/mol. The maximum Gasteiger partial charge on any atom is 0.157 e. The molecule has 3 nitrogen and oxygen atoms in total. The summed E-state index contributed by atoms with van der Waals surface area (Å²) in [5.74, 6) is 0. The minimum atomic E-state index is -3.03. The van der Waals surface area contributed by atoms with Gasteiger partial charge in [0.15, 0.2) is 9.84 Å². The molecule has 0 amide bonds. The first-order chi connectivity index (χ1) is 9.64. The molecule has 0 spiro atoms. The number of hydrogen-bond acceptors (Lipinski definition) is 3. The Kier molecular flexibility index (Phi) is 3.87. The highest BCUT2D eigenvalue weighted by atomic mass is 32.2. The Morgan fingerprint density at radius 1 is 1.10 bits per heavy atom. The lowest BCUT2D eigenvalue weighted by molar-refractivity contribution is 0.469. The van der Waals surface area contributed by atoms with E-state index in [4.69, 9.17) is 0 Å². The van der Waals surface area contributed by atoms with Gasteiger partial charge in [-0.05, 0) is 43.9 Å². The molecule has 0 heterocycles. The van der Waals surface area contributed by atoms with E-state index in [-0.39, 0.29) is 16.5 Å². The van der Waals surface area contributed by atoms with Crippen LogP contribution in [0.3, 0.4) is 0 Å². The molecule has 0 saturated heterocycles. The molecule has 0 bridgehead atoms. The first kappa shape index (κ1) is 14.1. The quantitative estimate of drug-likeness (QED) is 0.932. The van der Waals surface area contributed by atoms with E-state index in [1.165, 1.54) is 11.1 Å². The van der Waals surface area contributed by atoms with E-state index in [1.54, 1.807) is 0 Å². The maximum atomic E-state index is 12.9. The summed E-state index contributed by atoms with van der Waals surface area (Å²) in [4.78, 5) is 0. The number of nitrogens with one attached hydrogen (secondary N) is 1. The van der Waals surface area contributed by atoms with Crippen molar-refractivity contribution in [2.45, 2.75) is 55.1 Å². The van der Waals surface area contributed by atoms with Crippen molar-refractivity contribution in [2.24, 2.45) is 0 Å². The van der Waals surface area contributed by atoms with E-state index < -0.39 is 9.84 Å². The van der Waals surface area contributed by atoms with Gasteiger partial charge in [-0.2, -0.15) is 0 Å². The molecule has 110 valence electrons. The topological polar surface area (TPSA) is 46.2 Å². The molecule has 4 heteroatoms. The smallest absolute Gasteiger partial charge is 0.157 e. The molecule has 0 aliphatic heterocycles. The van der Waals surface area contributed by atoms with Gasteiger partial charge < -0.3 is 5.32 Å². The zero-order valence-corrected chi connectivity index (χ0v) is 12.8. The molecule has 1 saturated carbocycles. The Hall–Kier alpha value is -0.870. The third-order valence-corrected chi connectivity index (χ3v) is 7.71. The van der Waals surface area contributed by atoms with Crippen LogP contribution in [0, 0.1) is 0 Å². The Labute approximate surface area is 121 Å². The monoisotopic (exact) mass is 293 g/mol. The van der Waals surface area contributed by atoms with E-state index in [1.807, 2.05) is 19.2 Å². The van der Waals surface area contributed by atoms with Gasteiger partial charge in [-0.25, -0.2) is 8.42 Å². The van der Waals surface area contributed by atoms with Crippen molar-refractivity contribution >= 4 is 9.84 Å². The first-order valence-electron chi connectivity index (χ1n) is 7.62. The van der Waals surface area contributed by atoms with Crippen molar-refractivity contribution < 1.29 is 8.42 Å². The van der Waals surface area contributed by atoms with Crippen LogP contribution in [-0.4, -0.2) is 26.0 Å². The van der Waals surface area contributed by atoms with Crippen LogP contribution in [0.1, 0.15) is 49.3 Å². The lowest BCUT2D eigenvalue weighted by Crippen LogP contribution is -2.42. The molecular weight excluding hydrogens is 270 g/mol. The molecule has 2 unspecified atom stereocenters. The van der Waals surface area contributed by atoms with Gasteiger partial charge in [-0.3, -0.25) is 0 Å². The van der Waals surface area contributed by atoms with Crippen LogP contribution in [0.2, 0.25) is 0 Å². The predicted octanol–water partition coefficient (Wildman–Crippen LogP) is 2.62. The van der Waals surface area contributed by atoms with Crippen LogP contribution < -0.4 is 5.32 Å². The molecule has 0 aromatic heterocycles. The van der Waals surface area contributed by atoms with Crippen LogP contribution >= 0.6 is 0 Å². The van der Waals surface area contributed by atoms with Crippen LogP contribution in [0.5, 0.6) is 0 Å². The van der Waals surface area contributed by atoms with E-state index >= 15 is 0 Å². The number of benzene rings is 1. The second-order valence-corrected chi connectivity index (χ2v) is 8.49. The van der Waals surface area contributed by atoms with Crippen molar-refractivity contribution in [2.75, 3.05) is 7.05 Å². The largest absolute Gasteiger partial charge is 0.312 e. The first-order valence-corrected chi connectivity index (χ1v) is 9.23. The Bertz CT molecular complexity index is 576. The molecule has 0 radical (unpaired) electrons. The van der Waals surface area contributed by atoms with Gasteiger partial charge in [-0.15, -0.1) is 0 Å². The summed E-state index contributed by atoms with van der Waals surface area (Å²) in [7, 11) is -1.15. The molecule has 2 atom stereocenters. The molecule has 2 aliphatic rings. The molecular formula is C16H23NO2S. The van der Waals surface area contributed by atoms with Crippen molar-refractivity contribution in [1.29, 1.82) is 0 Å². The summed E-state index contributed by atoms with van der Waals surface area (Å²) in [6, 6.07) is 8.20. The highest BCUT2D eigenvalue weighted by Crippen LogP contribution is 2.38. The second kappa shape index (κ2) is 5.49. The number of hydrogen-bond donors (Lipinski definition) is 1. The van der Waals surface area contributed by atoms with Crippen molar-refractivity contribution in [3.63, 3.8) is 0 Å². The van der Waals surface area contributed by atoms with E-state index in [9.17, 15) is 8.42 Å². The summed E-state index contributed by atoms with van der Waals surface area (Å²) < 4.78 is 25.9. The molecule has 1 fully saturated rings. The van der Waals surface area contributed by atoms with Gasteiger partial charge >= 0.3 is 0 Å². The van der Waals surface area contributed by atoms with Crippen molar-refractivity contribution in [1.82, 2.24) is 5.32 Å². The predicted molar refractivity (Wildman–Crippen MR) is 81.5 cm³/mol. The van der Waals surface area contributed by atoms with Gasteiger partial charge in [0.25, 0.3) is 0 Å². The Morgan fingerprint density at radius 3 is 2.50 bits per heavy atom. The normalized spacial score (nSPS) is 27.4. The number of sulfone groups is 1. The fourth-order valence-corrected chi connectivity index (χ4v) is 6.48. The third kappa shape index (κ3) is 2.29. The Balaban J connectivity index is 1.95. The maximum absolute atomic E-state index is 12.9. The van der Waals surface area contributed by atoms with Gasteiger partial charge in [0.1, 0.15) is 0 Å². The lowest BCUT2D eigenvalue weighted by atomic mass is 9.87.